The summed E-state index contributed by atoms with van der Waals surface area (Å²) in [6.07, 6.45) is 19.9. The Morgan fingerprint density at radius 3 is 1.24 bits per heavy atom. The zero-order chi connectivity index (χ0) is 24.7. The number of rotatable bonds is 25. The maximum absolute atomic E-state index is 12.5. The Morgan fingerprint density at radius 1 is 0.545 bits per heavy atom. The normalized spacial score (nSPS) is 14.2. The smallest absolute Gasteiger partial charge is 0.316 e. The summed E-state index contributed by atoms with van der Waals surface area (Å²) in [5.41, 5.74) is 0. The highest BCUT2D eigenvalue weighted by Gasteiger charge is 2.36. The highest BCUT2D eigenvalue weighted by atomic mass is 16.4. The molecule has 0 aliphatic carbocycles. The second-order valence-corrected chi connectivity index (χ2v) is 9.89. The second-order valence-electron chi connectivity index (χ2n) is 9.89. The summed E-state index contributed by atoms with van der Waals surface area (Å²) in [6.45, 7) is 4.42. The molecule has 0 aromatic carbocycles. The van der Waals surface area contributed by atoms with Crippen LogP contribution in [0.1, 0.15) is 149 Å². The molecule has 0 spiro atoms. The molecular weight excluding hydrogens is 416 g/mol. The molecule has 0 radical (unpaired) electrons. The van der Waals surface area contributed by atoms with E-state index in [0.717, 1.165) is 25.7 Å². The topological polar surface area (TPSA) is 94.8 Å². The van der Waals surface area contributed by atoms with E-state index in [9.17, 15) is 24.9 Å². The van der Waals surface area contributed by atoms with E-state index >= 15 is 0 Å². The highest BCUT2D eigenvalue weighted by molar-refractivity contribution is 6.01. The molecule has 5 heteroatoms. The molecule has 0 aromatic rings. The Morgan fingerprint density at radius 2 is 0.879 bits per heavy atom. The molecule has 33 heavy (non-hydrogen) atoms. The Labute approximate surface area is 203 Å². The van der Waals surface area contributed by atoms with Crippen molar-refractivity contribution in [2.45, 2.75) is 161 Å². The van der Waals surface area contributed by atoms with Crippen molar-refractivity contribution in [2.24, 2.45) is 5.92 Å². The average Bonchev–Trinajstić information content (AvgIpc) is 2.78. The molecule has 0 amide bonds. The molecule has 0 aliphatic heterocycles. The van der Waals surface area contributed by atoms with E-state index < -0.39 is 29.9 Å². The summed E-state index contributed by atoms with van der Waals surface area (Å²) in [5, 5.41) is 30.0. The zero-order valence-corrected chi connectivity index (χ0v) is 21.7. The average molecular weight is 471 g/mol. The van der Waals surface area contributed by atoms with E-state index in [-0.39, 0.29) is 6.42 Å². The van der Waals surface area contributed by atoms with E-state index in [1.165, 1.54) is 83.5 Å². The summed E-state index contributed by atoms with van der Waals surface area (Å²) in [5.74, 6) is -3.58. The third-order valence-corrected chi connectivity index (χ3v) is 6.72. The van der Waals surface area contributed by atoms with Crippen LogP contribution in [0.5, 0.6) is 0 Å². The Hall–Kier alpha value is -0.940. The van der Waals surface area contributed by atoms with Crippen LogP contribution in [0.25, 0.3) is 0 Å². The number of ketones is 1. The minimum Gasteiger partial charge on any atom is -0.481 e. The Balaban J connectivity index is 3.99. The molecule has 0 bridgehead atoms. The molecule has 3 N–H and O–H groups in total. The lowest BCUT2D eigenvalue weighted by atomic mass is 9.89. The molecule has 3 atom stereocenters. The van der Waals surface area contributed by atoms with Gasteiger partial charge in [-0.2, -0.15) is 0 Å². The third-order valence-electron chi connectivity index (χ3n) is 6.72. The van der Waals surface area contributed by atoms with Crippen LogP contribution in [0, 0.1) is 5.92 Å². The predicted octanol–water partition coefficient (Wildman–Crippen LogP) is 7.21. The van der Waals surface area contributed by atoms with Crippen molar-refractivity contribution in [3.8, 4) is 0 Å². The fraction of sp³-hybridized carbons (Fsp3) is 0.929. The monoisotopic (exact) mass is 470 g/mol. The van der Waals surface area contributed by atoms with Crippen LogP contribution in [-0.4, -0.2) is 39.3 Å². The van der Waals surface area contributed by atoms with Crippen molar-refractivity contribution in [3.63, 3.8) is 0 Å². The summed E-state index contributed by atoms with van der Waals surface area (Å²) in [7, 11) is 0. The molecule has 0 rings (SSSR count). The molecule has 0 fully saturated rings. The molecule has 3 unspecified atom stereocenters. The van der Waals surface area contributed by atoms with Gasteiger partial charge in [0.1, 0.15) is 12.0 Å². The highest BCUT2D eigenvalue weighted by Crippen LogP contribution is 2.19. The van der Waals surface area contributed by atoms with Crippen molar-refractivity contribution >= 4 is 11.8 Å². The maximum Gasteiger partial charge on any atom is 0.316 e. The minimum absolute atomic E-state index is 0.282. The van der Waals surface area contributed by atoms with Crippen molar-refractivity contribution in [3.05, 3.63) is 0 Å². The number of carbonyl (C=O) groups excluding carboxylic acids is 1. The van der Waals surface area contributed by atoms with Crippen LogP contribution < -0.4 is 0 Å². The van der Waals surface area contributed by atoms with E-state index in [0.29, 0.717) is 19.3 Å². The van der Waals surface area contributed by atoms with Gasteiger partial charge < -0.3 is 15.3 Å². The van der Waals surface area contributed by atoms with Crippen molar-refractivity contribution < 1.29 is 24.9 Å². The van der Waals surface area contributed by atoms with Gasteiger partial charge in [-0.05, 0) is 12.8 Å². The van der Waals surface area contributed by atoms with Crippen LogP contribution in [0.3, 0.4) is 0 Å². The first-order valence-corrected chi connectivity index (χ1v) is 14.1. The summed E-state index contributed by atoms with van der Waals surface area (Å²) >= 11 is 0. The lowest BCUT2D eigenvalue weighted by molar-refractivity contribution is -0.154. The summed E-state index contributed by atoms with van der Waals surface area (Å²) < 4.78 is 0. The van der Waals surface area contributed by atoms with Gasteiger partial charge in [0.15, 0.2) is 5.78 Å². The van der Waals surface area contributed by atoms with Gasteiger partial charge in [-0.3, -0.25) is 9.59 Å². The third kappa shape index (κ3) is 18.1. The number of hydrogen-bond donors (Lipinski definition) is 3. The molecule has 0 saturated carbocycles. The zero-order valence-electron chi connectivity index (χ0n) is 21.7. The van der Waals surface area contributed by atoms with Gasteiger partial charge in [-0.15, -0.1) is 0 Å². The number of hydrogen-bond acceptors (Lipinski definition) is 4. The van der Waals surface area contributed by atoms with Crippen LogP contribution in [0.15, 0.2) is 0 Å². The number of aliphatic hydroxyl groups is 2. The van der Waals surface area contributed by atoms with Gasteiger partial charge in [0.2, 0.25) is 0 Å². The van der Waals surface area contributed by atoms with Crippen LogP contribution in [0.2, 0.25) is 0 Å². The number of aliphatic hydroxyl groups excluding tert-OH is 2. The fourth-order valence-corrected chi connectivity index (χ4v) is 4.48. The lowest BCUT2D eigenvalue weighted by Crippen LogP contribution is -2.41. The van der Waals surface area contributed by atoms with Crippen LogP contribution >= 0.6 is 0 Å². The number of aliphatic carboxylic acids is 1. The molecule has 5 nitrogen and oxygen atoms in total. The van der Waals surface area contributed by atoms with E-state index in [4.69, 9.17) is 0 Å². The van der Waals surface area contributed by atoms with E-state index in [1.807, 2.05) is 0 Å². The minimum atomic E-state index is -1.52. The number of unbranched alkanes of at least 4 members (excludes halogenated alkanes) is 17. The quantitative estimate of drug-likeness (QED) is 0.0967. The lowest BCUT2D eigenvalue weighted by Gasteiger charge is -2.21. The Bertz CT molecular complexity index is 465. The molecule has 0 aliphatic rings. The molecule has 196 valence electrons. The first kappa shape index (κ1) is 32.1. The first-order chi connectivity index (χ1) is 16.0. The number of carbonyl (C=O) groups is 2. The Kier molecular flexibility index (Phi) is 22.2. The van der Waals surface area contributed by atoms with Crippen LogP contribution in [0.4, 0.5) is 0 Å². The number of carboxylic acids is 1. The molecule has 0 aromatic heterocycles. The maximum atomic E-state index is 12.5. The van der Waals surface area contributed by atoms with E-state index in [1.54, 1.807) is 0 Å². The summed E-state index contributed by atoms with van der Waals surface area (Å²) in [6, 6.07) is 0. The SMILES string of the molecule is CCCCCCCCCCCCC(O)C(=O)C(C(=O)O)C(O)CCCCCCCCCCC. The standard InChI is InChI=1S/C28H54O5/c1-3-5-7-9-11-13-15-17-19-21-23-25(30)27(31)26(28(32)33)24(29)22-20-18-16-14-12-10-8-6-4-2/h24-26,29-30H,3-23H2,1-2H3,(H,32,33). The van der Waals surface area contributed by atoms with Crippen molar-refractivity contribution in [2.75, 3.05) is 0 Å². The van der Waals surface area contributed by atoms with Gasteiger partial charge in [-0.1, -0.05) is 136 Å². The van der Waals surface area contributed by atoms with E-state index in [2.05, 4.69) is 13.8 Å². The van der Waals surface area contributed by atoms with Gasteiger partial charge in [0.25, 0.3) is 0 Å². The van der Waals surface area contributed by atoms with Crippen molar-refractivity contribution in [1.82, 2.24) is 0 Å². The second kappa shape index (κ2) is 22.8. The fourth-order valence-electron chi connectivity index (χ4n) is 4.48. The largest absolute Gasteiger partial charge is 0.481 e. The molecular formula is C28H54O5. The van der Waals surface area contributed by atoms with Gasteiger partial charge in [0, 0.05) is 0 Å². The summed E-state index contributed by atoms with van der Waals surface area (Å²) in [4.78, 5) is 24.1. The molecule has 0 heterocycles. The molecule has 0 saturated heterocycles. The first-order valence-electron chi connectivity index (χ1n) is 14.1. The van der Waals surface area contributed by atoms with Gasteiger partial charge >= 0.3 is 5.97 Å². The van der Waals surface area contributed by atoms with Gasteiger partial charge in [0.05, 0.1) is 6.10 Å². The number of carboxylic acid groups (broad SMARTS) is 1. The van der Waals surface area contributed by atoms with Crippen molar-refractivity contribution in [1.29, 1.82) is 0 Å². The number of Topliss-reactive ketones (excluding diaryl/α,β-unsaturated/α-hetero) is 1. The van der Waals surface area contributed by atoms with Gasteiger partial charge in [-0.25, -0.2) is 0 Å². The van der Waals surface area contributed by atoms with Crippen LogP contribution in [-0.2, 0) is 9.59 Å². The predicted molar refractivity (Wildman–Crippen MR) is 136 cm³/mol.